The molecule has 1 aromatic rings. The van der Waals surface area contributed by atoms with Crippen molar-refractivity contribution in [3.63, 3.8) is 0 Å². The predicted molar refractivity (Wildman–Crippen MR) is 105 cm³/mol. The molecule has 27 heavy (non-hydrogen) atoms. The van der Waals surface area contributed by atoms with Crippen molar-refractivity contribution in [2.75, 3.05) is 33.0 Å². The fourth-order valence-electron chi connectivity index (χ4n) is 3.35. The van der Waals surface area contributed by atoms with Gasteiger partial charge in [-0.1, -0.05) is 25.3 Å². The third kappa shape index (κ3) is 4.42. The smallest absolute Gasteiger partial charge is 0.242 e. The van der Waals surface area contributed by atoms with Crippen molar-refractivity contribution < 1.29 is 13.2 Å². The van der Waals surface area contributed by atoms with E-state index in [4.69, 9.17) is 0 Å². The van der Waals surface area contributed by atoms with Gasteiger partial charge in [0.1, 0.15) is 5.54 Å². The van der Waals surface area contributed by atoms with E-state index in [1.165, 1.54) is 14.1 Å². The van der Waals surface area contributed by atoms with Crippen LogP contribution in [0, 0.1) is 18.3 Å². The molecule has 2 rings (SSSR count). The molecule has 0 unspecified atom stereocenters. The lowest BCUT2D eigenvalue weighted by Gasteiger charge is -2.39. The van der Waals surface area contributed by atoms with E-state index in [2.05, 4.69) is 11.4 Å². The largest absolute Gasteiger partial charge is 0.376 e. The molecule has 1 amide bonds. The van der Waals surface area contributed by atoms with Crippen LogP contribution in [0.2, 0.25) is 0 Å². The van der Waals surface area contributed by atoms with Gasteiger partial charge in [-0.2, -0.15) is 5.26 Å². The summed E-state index contributed by atoms with van der Waals surface area (Å²) < 4.78 is 25.8. The van der Waals surface area contributed by atoms with Crippen molar-refractivity contribution in [3.05, 3.63) is 23.8 Å². The molecule has 0 atom stereocenters. The van der Waals surface area contributed by atoms with Crippen molar-refractivity contribution in [3.8, 4) is 6.07 Å². The number of likely N-dealkylation sites (N-methyl/N-ethyl adjacent to an activating group) is 1. The molecular formula is C19H28N4O3S. The number of rotatable bonds is 6. The van der Waals surface area contributed by atoms with Crippen LogP contribution in [-0.4, -0.2) is 56.8 Å². The van der Waals surface area contributed by atoms with Crippen LogP contribution < -0.4 is 5.32 Å². The first-order valence-electron chi connectivity index (χ1n) is 9.09. The normalized spacial score (nSPS) is 16.6. The van der Waals surface area contributed by atoms with Crippen molar-refractivity contribution in [2.45, 2.75) is 49.5 Å². The number of hydrogen-bond donors (Lipinski definition) is 1. The standard InChI is InChI=1S/C19H28N4O3S/c1-15-8-9-16(27(25,26)22(2)3)12-17(15)21-13-18(24)23(4)19(14-20)10-6-5-7-11-19/h8-9,12,21H,5-7,10-11,13H2,1-4H3. The summed E-state index contributed by atoms with van der Waals surface area (Å²) in [6.07, 6.45) is 4.38. The van der Waals surface area contributed by atoms with Crippen LogP contribution in [0.4, 0.5) is 5.69 Å². The summed E-state index contributed by atoms with van der Waals surface area (Å²) >= 11 is 0. The Labute approximate surface area is 162 Å². The van der Waals surface area contributed by atoms with Gasteiger partial charge in [0, 0.05) is 26.8 Å². The van der Waals surface area contributed by atoms with Gasteiger partial charge in [-0.25, -0.2) is 12.7 Å². The minimum atomic E-state index is -3.55. The van der Waals surface area contributed by atoms with E-state index >= 15 is 0 Å². The first-order valence-corrected chi connectivity index (χ1v) is 10.5. The highest BCUT2D eigenvalue weighted by molar-refractivity contribution is 7.89. The molecule has 0 bridgehead atoms. The molecule has 0 saturated heterocycles. The Hall–Kier alpha value is -2.11. The highest BCUT2D eigenvalue weighted by Crippen LogP contribution is 2.32. The van der Waals surface area contributed by atoms with Crippen molar-refractivity contribution in [2.24, 2.45) is 0 Å². The van der Waals surface area contributed by atoms with Gasteiger partial charge in [-0.3, -0.25) is 4.79 Å². The minimum absolute atomic E-state index is 0.00619. The summed E-state index contributed by atoms with van der Waals surface area (Å²) in [6, 6.07) is 7.15. The quantitative estimate of drug-likeness (QED) is 0.802. The van der Waals surface area contributed by atoms with E-state index in [1.807, 2.05) is 6.92 Å². The summed E-state index contributed by atoms with van der Waals surface area (Å²) in [5.41, 5.74) is 0.701. The molecule has 7 nitrogen and oxygen atoms in total. The third-order valence-electron chi connectivity index (χ3n) is 5.32. The Bertz CT molecular complexity index is 837. The zero-order chi connectivity index (χ0) is 20.2. The Balaban J connectivity index is 2.14. The number of carbonyl (C=O) groups excluding carboxylic acids is 1. The van der Waals surface area contributed by atoms with E-state index in [9.17, 15) is 18.5 Å². The van der Waals surface area contributed by atoms with Gasteiger partial charge < -0.3 is 10.2 Å². The van der Waals surface area contributed by atoms with Crippen molar-refractivity contribution in [1.82, 2.24) is 9.21 Å². The van der Waals surface area contributed by atoms with Crippen LogP contribution in [0.5, 0.6) is 0 Å². The molecule has 0 spiro atoms. The maximum absolute atomic E-state index is 12.7. The van der Waals surface area contributed by atoms with Gasteiger partial charge in [-0.15, -0.1) is 0 Å². The van der Waals surface area contributed by atoms with Crippen LogP contribution in [0.3, 0.4) is 0 Å². The van der Waals surface area contributed by atoms with Crippen LogP contribution in [0.1, 0.15) is 37.7 Å². The number of aryl methyl sites for hydroxylation is 1. The first kappa shape index (κ1) is 21.2. The number of amides is 1. The molecule has 1 N–H and O–H groups in total. The van der Waals surface area contributed by atoms with Crippen molar-refractivity contribution >= 4 is 21.6 Å². The molecule has 1 aromatic carbocycles. The van der Waals surface area contributed by atoms with Crippen molar-refractivity contribution in [1.29, 1.82) is 5.26 Å². The van der Waals surface area contributed by atoms with E-state index in [-0.39, 0.29) is 17.3 Å². The molecule has 148 valence electrons. The molecule has 1 saturated carbocycles. The third-order valence-corrected chi connectivity index (χ3v) is 7.13. The Morgan fingerprint density at radius 1 is 1.22 bits per heavy atom. The summed E-state index contributed by atoms with van der Waals surface area (Å²) in [5, 5.41) is 12.7. The number of sulfonamides is 1. The van der Waals surface area contributed by atoms with Crippen LogP contribution in [-0.2, 0) is 14.8 Å². The average molecular weight is 393 g/mol. The Kier molecular flexibility index (Phi) is 6.50. The highest BCUT2D eigenvalue weighted by atomic mass is 32.2. The first-order chi connectivity index (χ1) is 12.6. The zero-order valence-electron chi connectivity index (χ0n) is 16.4. The van der Waals surface area contributed by atoms with E-state index < -0.39 is 15.6 Å². The fourth-order valence-corrected chi connectivity index (χ4v) is 4.28. The van der Waals surface area contributed by atoms with Gasteiger partial charge in [0.05, 0.1) is 17.5 Å². The van der Waals surface area contributed by atoms with E-state index in [0.29, 0.717) is 18.5 Å². The van der Waals surface area contributed by atoms with Gasteiger partial charge in [0.15, 0.2) is 0 Å². The number of nitrogens with one attached hydrogen (secondary N) is 1. The number of anilines is 1. The number of benzene rings is 1. The second kappa shape index (κ2) is 8.28. The maximum Gasteiger partial charge on any atom is 0.242 e. The second-order valence-electron chi connectivity index (χ2n) is 7.27. The molecule has 0 aliphatic heterocycles. The molecule has 0 radical (unpaired) electrons. The molecule has 1 aliphatic rings. The number of nitriles is 1. The fraction of sp³-hybridized carbons (Fsp3) is 0.579. The zero-order valence-corrected chi connectivity index (χ0v) is 17.3. The molecule has 1 aliphatic carbocycles. The summed E-state index contributed by atoms with van der Waals surface area (Å²) in [7, 11) is 1.09. The van der Waals surface area contributed by atoms with Crippen LogP contribution in [0.25, 0.3) is 0 Å². The van der Waals surface area contributed by atoms with E-state index in [0.717, 1.165) is 29.1 Å². The minimum Gasteiger partial charge on any atom is -0.376 e. The topological polar surface area (TPSA) is 93.5 Å². The van der Waals surface area contributed by atoms with Gasteiger partial charge in [0.25, 0.3) is 0 Å². The monoisotopic (exact) mass is 392 g/mol. The molecule has 1 fully saturated rings. The molecular weight excluding hydrogens is 364 g/mol. The lowest BCUT2D eigenvalue weighted by molar-refractivity contribution is -0.132. The van der Waals surface area contributed by atoms with Gasteiger partial charge in [-0.05, 0) is 37.5 Å². The maximum atomic E-state index is 12.7. The second-order valence-corrected chi connectivity index (χ2v) is 9.43. The average Bonchev–Trinajstić information content (AvgIpc) is 2.66. The molecule has 0 aromatic heterocycles. The highest BCUT2D eigenvalue weighted by Gasteiger charge is 2.38. The van der Waals surface area contributed by atoms with Crippen LogP contribution >= 0.6 is 0 Å². The number of hydrogen-bond acceptors (Lipinski definition) is 5. The summed E-state index contributed by atoms with van der Waals surface area (Å²) in [4.78, 5) is 14.4. The molecule has 8 heteroatoms. The number of carbonyl (C=O) groups is 1. The predicted octanol–water partition coefficient (Wildman–Crippen LogP) is 2.34. The SMILES string of the molecule is Cc1ccc(S(=O)(=O)N(C)C)cc1NCC(=O)N(C)C1(C#N)CCCCC1. The Morgan fingerprint density at radius 3 is 2.41 bits per heavy atom. The Morgan fingerprint density at radius 2 is 1.85 bits per heavy atom. The summed E-state index contributed by atoms with van der Waals surface area (Å²) in [6.45, 7) is 1.85. The van der Waals surface area contributed by atoms with Crippen LogP contribution in [0.15, 0.2) is 23.1 Å². The number of nitrogens with zero attached hydrogens (tertiary/aromatic N) is 3. The summed E-state index contributed by atoms with van der Waals surface area (Å²) in [5.74, 6) is -0.182. The lowest BCUT2D eigenvalue weighted by Crippen LogP contribution is -2.51. The van der Waals surface area contributed by atoms with Gasteiger partial charge in [0.2, 0.25) is 15.9 Å². The molecule has 0 heterocycles. The van der Waals surface area contributed by atoms with Gasteiger partial charge >= 0.3 is 0 Å². The lowest BCUT2D eigenvalue weighted by atomic mass is 9.81. The van der Waals surface area contributed by atoms with E-state index in [1.54, 1.807) is 30.1 Å².